The number of hydrogen-bond donors (Lipinski definition) is 1. The SMILES string of the molecule is COC(=O)[C@@H](NC(=O)c1ccc2sc(C)nc2c1)c1ccccc1. The van der Waals surface area contributed by atoms with Gasteiger partial charge in [0.2, 0.25) is 0 Å². The number of carbonyl (C=O) groups excluding carboxylic acids is 2. The van der Waals surface area contributed by atoms with E-state index in [0.29, 0.717) is 11.1 Å². The van der Waals surface area contributed by atoms with E-state index in [1.54, 1.807) is 35.6 Å². The maximum atomic E-state index is 12.6. The van der Waals surface area contributed by atoms with Crippen LogP contribution in [0.15, 0.2) is 48.5 Å². The number of aromatic nitrogens is 1. The molecule has 1 atom stereocenters. The average molecular weight is 340 g/mol. The highest BCUT2D eigenvalue weighted by molar-refractivity contribution is 7.18. The predicted octanol–water partition coefficient (Wildman–Crippen LogP) is 3.25. The Bertz CT molecular complexity index is 890. The largest absolute Gasteiger partial charge is 0.467 e. The molecule has 3 aromatic rings. The van der Waals surface area contributed by atoms with Crippen molar-refractivity contribution in [1.82, 2.24) is 10.3 Å². The van der Waals surface area contributed by atoms with Crippen molar-refractivity contribution in [2.45, 2.75) is 13.0 Å². The van der Waals surface area contributed by atoms with Crippen LogP contribution in [0.25, 0.3) is 10.2 Å². The summed E-state index contributed by atoms with van der Waals surface area (Å²) >= 11 is 1.57. The average Bonchev–Trinajstić information content (AvgIpc) is 2.98. The van der Waals surface area contributed by atoms with Gasteiger partial charge in [0.05, 0.1) is 22.3 Å². The lowest BCUT2D eigenvalue weighted by Gasteiger charge is -2.17. The molecule has 0 saturated heterocycles. The summed E-state index contributed by atoms with van der Waals surface area (Å²) in [7, 11) is 1.30. The number of benzene rings is 2. The van der Waals surface area contributed by atoms with Crippen molar-refractivity contribution in [2.75, 3.05) is 7.11 Å². The minimum atomic E-state index is -0.850. The Balaban J connectivity index is 1.87. The van der Waals surface area contributed by atoms with E-state index in [4.69, 9.17) is 4.74 Å². The van der Waals surface area contributed by atoms with Crippen LogP contribution in [0.4, 0.5) is 0 Å². The van der Waals surface area contributed by atoms with Crippen LogP contribution >= 0.6 is 11.3 Å². The third kappa shape index (κ3) is 3.28. The molecule has 6 heteroatoms. The van der Waals surface area contributed by atoms with Crippen molar-refractivity contribution in [2.24, 2.45) is 0 Å². The summed E-state index contributed by atoms with van der Waals surface area (Å²) < 4.78 is 5.84. The van der Waals surface area contributed by atoms with Gasteiger partial charge in [-0.05, 0) is 30.7 Å². The summed E-state index contributed by atoms with van der Waals surface area (Å²) in [6.07, 6.45) is 0. The Kier molecular flexibility index (Phi) is 4.57. The van der Waals surface area contributed by atoms with Gasteiger partial charge in [-0.3, -0.25) is 4.79 Å². The first-order chi connectivity index (χ1) is 11.6. The second-order valence-corrected chi connectivity index (χ2v) is 6.49. The van der Waals surface area contributed by atoms with Crippen LogP contribution in [-0.2, 0) is 9.53 Å². The number of aryl methyl sites for hydroxylation is 1. The molecule has 2 aromatic carbocycles. The number of ether oxygens (including phenoxy) is 1. The van der Waals surface area contributed by atoms with E-state index < -0.39 is 12.0 Å². The van der Waals surface area contributed by atoms with Crippen LogP contribution in [0.2, 0.25) is 0 Å². The molecule has 0 spiro atoms. The van der Waals surface area contributed by atoms with Gasteiger partial charge in [0.25, 0.3) is 5.91 Å². The molecule has 1 aromatic heterocycles. The molecule has 0 aliphatic rings. The number of carbonyl (C=O) groups is 2. The van der Waals surface area contributed by atoms with Crippen molar-refractivity contribution in [1.29, 1.82) is 0 Å². The van der Waals surface area contributed by atoms with Crippen LogP contribution in [0.3, 0.4) is 0 Å². The van der Waals surface area contributed by atoms with E-state index in [1.165, 1.54) is 7.11 Å². The molecule has 0 fully saturated rings. The first-order valence-corrected chi connectivity index (χ1v) is 8.21. The van der Waals surface area contributed by atoms with E-state index in [-0.39, 0.29) is 5.91 Å². The van der Waals surface area contributed by atoms with Gasteiger partial charge in [0.15, 0.2) is 6.04 Å². The van der Waals surface area contributed by atoms with Crippen LogP contribution in [0.1, 0.15) is 27.0 Å². The highest BCUT2D eigenvalue weighted by Gasteiger charge is 2.24. The van der Waals surface area contributed by atoms with Crippen LogP contribution in [0.5, 0.6) is 0 Å². The first kappa shape index (κ1) is 16.1. The number of rotatable bonds is 4. The Hall–Kier alpha value is -2.73. The molecule has 24 heavy (non-hydrogen) atoms. The second-order valence-electron chi connectivity index (χ2n) is 5.26. The molecule has 3 rings (SSSR count). The Morgan fingerprint density at radius 3 is 2.62 bits per heavy atom. The minimum absolute atomic E-state index is 0.346. The zero-order valence-corrected chi connectivity index (χ0v) is 14.1. The maximum Gasteiger partial charge on any atom is 0.333 e. The molecule has 0 aliphatic heterocycles. The van der Waals surface area contributed by atoms with E-state index >= 15 is 0 Å². The lowest BCUT2D eigenvalue weighted by atomic mass is 10.1. The third-order valence-electron chi connectivity index (χ3n) is 3.60. The zero-order chi connectivity index (χ0) is 17.1. The number of nitrogens with one attached hydrogen (secondary N) is 1. The zero-order valence-electron chi connectivity index (χ0n) is 13.3. The highest BCUT2D eigenvalue weighted by atomic mass is 32.1. The number of methoxy groups -OCH3 is 1. The monoisotopic (exact) mass is 340 g/mol. The minimum Gasteiger partial charge on any atom is -0.467 e. The quantitative estimate of drug-likeness (QED) is 0.740. The second kappa shape index (κ2) is 6.80. The molecule has 0 aliphatic carbocycles. The summed E-state index contributed by atoms with van der Waals surface area (Å²) in [4.78, 5) is 29.0. The molecule has 1 amide bonds. The van der Waals surface area contributed by atoms with Crippen LogP contribution in [-0.4, -0.2) is 24.0 Å². The van der Waals surface area contributed by atoms with Crippen LogP contribution < -0.4 is 5.32 Å². The number of nitrogens with zero attached hydrogens (tertiary/aromatic N) is 1. The Morgan fingerprint density at radius 1 is 1.17 bits per heavy atom. The van der Waals surface area contributed by atoms with Gasteiger partial charge in [-0.2, -0.15) is 0 Å². The lowest BCUT2D eigenvalue weighted by Crippen LogP contribution is -2.34. The van der Waals surface area contributed by atoms with E-state index in [9.17, 15) is 9.59 Å². The fraction of sp³-hybridized carbons (Fsp3) is 0.167. The van der Waals surface area contributed by atoms with E-state index in [0.717, 1.165) is 15.2 Å². The molecule has 0 unspecified atom stereocenters. The summed E-state index contributed by atoms with van der Waals surface area (Å²) in [6, 6.07) is 13.5. The van der Waals surface area contributed by atoms with Crippen molar-refractivity contribution in [3.8, 4) is 0 Å². The van der Waals surface area contributed by atoms with Crippen molar-refractivity contribution < 1.29 is 14.3 Å². The number of esters is 1. The van der Waals surface area contributed by atoms with Crippen molar-refractivity contribution >= 4 is 33.4 Å². The van der Waals surface area contributed by atoms with Gasteiger partial charge in [0.1, 0.15) is 0 Å². The molecular formula is C18H16N2O3S. The van der Waals surface area contributed by atoms with Gasteiger partial charge < -0.3 is 10.1 Å². The predicted molar refractivity (Wildman–Crippen MR) is 93.0 cm³/mol. The fourth-order valence-electron chi connectivity index (χ4n) is 2.44. The lowest BCUT2D eigenvalue weighted by molar-refractivity contribution is -0.143. The summed E-state index contributed by atoms with van der Waals surface area (Å²) in [5.74, 6) is -0.859. The van der Waals surface area contributed by atoms with Crippen LogP contribution in [0, 0.1) is 6.92 Å². The highest BCUT2D eigenvalue weighted by Crippen LogP contribution is 2.23. The Morgan fingerprint density at radius 2 is 1.92 bits per heavy atom. The topological polar surface area (TPSA) is 68.3 Å². The molecule has 5 nitrogen and oxygen atoms in total. The Labute approximate surface area is 143 Å². The third-order valence-corrected chi connectivity index (χ3v) is 4.55. The van der Waals surface area contributed by atoms with Crippen molar-refractivity contribution in [3.05, 3.63) is 64.7 Å². The number of hydrogen-bond acceptors (Lipinski definition) is 5. The normalized spacial score (nSPS) is 11.9. The summed E-state index contributed by atoms with van der Waals surface area (Å²) in [5, 5.41) is 3.68. The van der Waals surface area contributed by atoms with Gasteiger partial charge in [-0.15, -0.1) is 11.3 Å². The number of amides is 1. The maximum absolute atomic E-state index is 12.6. The number of thiazole rings is 1. The fourth-order valence-corrected chi connectivity index (χ4v) is 3.25. The number of fused-ring (bicyclic) bond motifs is 1. The standard InChI is InChI=1S/C18H16N2O3S/c1-11-19-14-10-13(8-9-15(14)24-11)17(21)20-16(18(22)23-2)12-6-4-3-5-7-12/h3-10,16H,1-2H3,(H,20,21)/t16-/m0/s1. The summed E-state index contributed by atoms with van der Waals surface area (Å²) in [6.45, 7) is 1.92. The van der Waals surface area contributed by atoms with Gasteiger partial charge in [0, 0.05) is 5.56 Å². The van der Waals surface area contributed by atoms with Gasteiger partial charge >= 0.3 is 5.97 Å². The molecule has 1 N–H and O–H groups in total. The van der Waals surface area contributed by atoms with E-state index in [1.807, 2.05) is 31.2 Å². The van der Waals surface area contributed by atoms with Gasteiger partial charge in [-0.25, -0.2) is 9.78 Å². The first-order valence-electron chi connectivity index (χ1n) is 7.39. The van der Waals surface area contributed by atoms with Gasteiger partial charge in [-0.1, -0.05) is 30.3 Å². The smallest absolute Gasteiger partial charge is 0.333 e. The molecule has 0 radical (unpaired) electrons. The summed E-state index contributed by atoms with van der Waals surface area (Å²) in [5.41, 5.74) is 1.90. The molecule has 0 bridgehead atoms. The molecule has 1 heterocycles. The molecular weight excluding hydrogens is 324 g/mol. The molecule has 122 valence electrons. The molecule has 0 saturated carbocycles. The van der Waals surface area contributed by atoms with E-state index in [2.05, 4.69) is 10.3 Å². The van der Waals surface area contributed by atoms with Crippen molar-refractivity contribution in [3.63, 3.8) is 0 Å².